The van der Waals surface area contributed by atoms with Gasteiger partial charge in [-0.25, -0.2) is 0 Å². The van der Waals surface area contributed by atoms with Crippen LogP contribution in [0.4, 0.5) is 5.69 Å². The predicted molar refractivity (Wildman–Crippen MR) is 101 cm³/mol. The van der Waals surface area contributed by atoms with Crippen molar-refractivity contribution in [3.05, 3.63) is 71.8 Å². The van der Waals surface area contributed by atoms with Gasteiger partial charge < -0.3 is 10.1 Å². The number of para-hydroxylation sites is 1. The number of rotatable bonds is 5. The van der Waals surface area contributed by atoms with Crippen LogP contribution in [0.15, 0.2) is 60.7 Å². The van der Waals surface area contributed by atoms with Crippen LogP contribution in [0.3, 0.4) is 0 Å². The molecule has 3 aromatic rings. The molecule has 1 N–H and O–H groups in total. The molecule has 0 saturated carbocycles. The van der Waals surface area contributed by atoms with Crippen LogP contribution < -0.4 is 10.1 Å². The third kappa shape index (κ3) is 2.58. The first-order chi connectivity index (χ1) is 12.7. The number of ether oxygens (including phenoxy) is 1. The lowest BCUT2D eigenvalue weighted by Crippen LogP contribution is -2.42. The van der Waals surface area contributed by atoms with Gasteiger partial charge in [-0.05, 0) is 30.3 Å². The Morgan fingerprint density at radius 2 is 1.62 bits per heavy atom. The number of hydrogen-bond acceptors (Lipinski definition) is 4. The standard InChI is InChI=1S/C21H18N2O3/c1-26-18-11-10-17-19-15(18)8-5-9-16(19)20(24)23(21(17)25)13-12-22-14-6-3-2-4-7-14/h2-11,22H,12-13H2,1H3. The van der Waals surface area contributed by atoms with E-state index in [1.165, 1.54) is 4.90 Å². The zero-order valence-electron chi connectivity index (χ0n) is 14.4. The minimum Gasteiger partial charge on any atom is -0.496 e. The Hall–Kier alpha value is -3.34. The van der Waals surface area contributed by atoms with Crippen molar-refractivity contribution < 1.29 is 14.3 Å². The van der Waals surface area contributed by atoms with Crippen molar-refractivity contribution >= 4 is 28.3 Å². The quantitative estimate of drug-likeness (QED) is 0.718. The summed E-state index contributed by atoms with van der Waals surface area (Å²) in [6.07, 6.45) is 0. The molecule has 3 aromatic carbocycles. The van der Waals surface area contributed by atoms with Gasteiger partial charge in [0.25, 0.3) is 11.8 Å². The molecule has 0 unspecified atom stereocenters. The second-order valence-electron chi connectivity index (χ2n) is 6.10. The number of imide groups is 1. The number of nitrogens with one attached hydrogen (secondary N) is 1. The zero-order chi connectivity index (χ0) is 18.1. The van der Waals surface area contributed by atoms with Crippen molar-refractivity contribution in [1.82, 2.24) is 4.90 Å². The molecule has 0 spiro atoms. The third-order valence-electron chi connectivity index (χ3n) is 4.61. The molecular weight excluding hydrogens is 328 g/mol. The summed E-state index contributed by atoms with van der Waals surface area (Å²) in [4.78, 5) is 27.1. The highest BCUT2D eigenvalue weighted by atomic mass is 16.5. The number of methoxy groups -OCH3 is 1. The van der Waals surface area contributed by atoms with E-state index >= 15 is 0 Å². The molecule has 0 fully saturated rings. The molecule has 0 saturated heterocycles. The molecule has 1 heterocycles. The van der Waals surface area contributed by atoms with E-state index in [0.717, 1.165) is 11.1 Å². The maximum Gasteiger partial charge on any atom is 0.261 e. The summed E-state index contributed by atoms with van der Waals surface area (Å²) >= 11 is 0. The summed E-state index contributed by atoms with van der Waals surface area (Å²) in [5, 5.41) is 4.69. The topological polar surface area (TPSA) is 58.6 Å². The molecule has 2 amide bonds. The number of hydrogen-bond donors (Lipinski definition) is 1. The van der Waals surface area contributed by atoms with Crippen LogP contribution in [0.1, 0.15) is 20.7 Å². The van der Waals surface area contributed by atoms with E-state index in [-0.39, 0.29) is 11.8 Å². The second-order valence-corrected chi connectivity index (χ2v) is 6.10. The van der Waals surface area contributed by atoms with E-state index in [2.05, 4.69) is 5.32 Å². The van der Waals surface area contributed by atoms with Gasteiger partial charge in [0.05, 0.1) is 7.11 Å². The molecule has 4 rings (SSSR count). The molecule has 0 bridgehead atoms. The fraction of sp³-hybridized carbons (Fsp3) is 0.143. The minimum absolute atomic E-state index is 0.267. The van der Waals surface area contributed by atoms with E-state index in [0.29, 0.717) is 35.4 Å². The summed E-state index contributed by atoms with van der Waals surface area (Å²) < 4.78 is 5.37. The molecule has 130 valence electrons. The molecule has 26 heavy (non-hydrogen) atoms. The molecule has 0 aliphatic carbocycles. The summed E-state index contributed by atoms with van der Waals surface area (Å²) in [5.74, 6) is 0.123. The van der Waals surface area contributed by atoms with E-state index < -0.39 is 0 Å². The van der Waals surface area contributed by atoms with Crippen molar-refractivity contribution in [3.8, 4) is 5.75 Å². The van der Waals surface area contributed by atoms with Gasteiger partial charge >= 0.3 is 0 Å². The molecule has 1 aliphatic rings. The Morgan fingerprint density at radius 3 is 2.35 bits per heavy atom. The summed E-state index contributed by atoms with van der Waals surface area (Å²) in [7, 11) is 1.58. The van der Waals surface area contributed by atoms with Gasteiger partial charge in [0.15, 0.2) is 0 Å². The number of anilines is 1. The monoisotopic (exact) mass is 346 g/mol. The van der Waals surface area contributed by atoms with Crippen LogP contribution in [-0.4, -0.2) is 36.9 Å². The highest BCUT2D eigenvalue weighted by Crippen LogP contribution is 2.35. The number of amides is 2. The Kier molecular flexibility index (Phi) is 4.05. The lowest BCUT2D eigenvalue weighted by Gasteiger charge is -2.27. The van der Waals surface area contributed by atoms with Gasteiger partial charge in [-0.3, -0.25) is 14.5 Å². The van der Waals surface area contributed by atoms with E-state index in [1.54, 1.807) is 25.3 Å². The van der Waals surface area contributed by atoms with Crippen LogP contribution in [-0.2, 0) is 0 Å². The third-order valence-corrected chi connectivity index (χ3v) is 4.61. The maximum absolute atomic E-state index is 12.9. The first-order valence-corrected chi connectivity index (χ1v) is 8.45. The Morgan fingerprint density at radius 1 is 0.885 bits per heavy atom. The molecular formula is C21H18N2O3. The molecule has 0 radical (unpaired) electrons. The summed E-state index contributed by atoms with van der Waals surface area (Å²) in [6, 6.07) is 18.7. The molecule has 5 nitrogen and oxygen atoms in total. The first-order valence-electron chi connectivity index (χ1n) is 8.45. The molecule has 0 atom stereocenters. The van der Waals surface area contributed by atoms with E-state index in [4.69, 9.17) is 4.74 Å². The van der Waals surface area contributed by atoms with Crippen molar-refractivity contribution in [2.24, 2.45) is 0 Å². The average Bonchev–Trinajstić information content (AvgIpc) is 2.69. The van der Waals surface area contributed by atoms with Crippen LogP contribution in [0.2, 0.25) is 0 Å². The fourth-order valence-electron chi connectivity index (χ4n) is 3.37. The van der Waals surface area contributed by atoms with Crippen LogP contribution >= 0.6 is 0 Å². The van der Waals surface area contributed by atoms with Crippen molar-refractivity contribution in [3.63, 3.8) is 0 Å². The highest BCUT2D eigenvalue weighted by molar-refractivity contribution is 6.26. The van der Waals surface area contributed by atoms with Gasteiger partial charge in [-0.1, -0.05) is 30.3 Å². The largest absolute Gasteiger partial charge is 0.496 e. The molecule has 0 aromatic heterocycles. The lowest BCUT2D eigenvalue weighted by atomic mass is 9.93. The summed E-state index contributed by atoms with van der Waals surface area (Å²) in [6.45, 7) is 0.789. The van der Waals surface area contributed by atoms with E-state index in [1.807, 2.05) is 42.5 Å². The van der Waals surface area contributed by atoms with Crippen molar-refractivity contribution in [1.29, 1.82) is 0 Å². The van der Waals surface area contributed by atoms with E-state index in [9.17, 15) is 9.59 Å². The Balaban J connectivity index is 1.64. The fourth-order valence-corrected chi connectivity index (χ4v) is 3.37. The van der Waals surface area contributed by atoms with Crippen LogP contribution in [0, 0.1) is 0 Å². The number of benzene rings is 3. The smallest absolute Gasteiger partial charge is 0.261 e. The molecule has 5 heteroatoms. The first kappa shape index (κ1) is 16.1. The minimum atomic E-state index is -0.267. The van der Waals surface area contributed by atoms with Crippen molar-refractivity contribution in [2.45, 2.75) is 0 Å². The van der Waals surface area contributed by atoms with Crippen LogP contribution in [0.25, 0.3) is 10.8 Å². The maximum atomic E-state index is 12.9. The number of carbonyl (C=O) groups excluding carboxylic acids is 2. The SMILES string of the molecule is COc1ccc2c3c(cccc13)C(=O)N(CCNc1ccccc1)C2=O. The Labute approximate surface area is 151 Å². The predicted octanol–water partition coefficient (Wildman–Crippen LogP) is 3.56. The number of nitrogens with zero attached hydrogens (tertiary/aromatic N) is 1. The molecule has 1 aliphatic heterocycles. The summed E-state index contributed by atoms with van der Waals surface area (Å²) in [5.41, 5.74) is 2.03. The average molecular weight is 346 g/mol. The zero-order valence-corrected chi connectivity index (χ0v) is 14.4. The van der Waals surface area contributed by atoms with Crippen molar-refractivity contribution in [2.75, 3.05) is 25.5 Å². The van der Waals surface area contributed by atoms with Gasteiger partial charge in [-0.2, -0.15) is 0 Å². The van der Waals surface area contributed by atoms with Gasteiger partial charge in [-0.15, -0.1) is 0 Å². The highest BCUT2D eigenvalue weighted by Gasteiger charge is 2.33. The Bertz CT molecular complexity index is 977. The second kappa shape index (κ2) is 6.52. The lowest BCUT2D eigenvalue weighted by molar-refractivity contribution is 0.0617. The van der Waals surface area contributed by atoms with Gasteiger partial charge in [0, 0.05) is 40.7 Å². The number of carbonyl (C=O) groups is 2. The van der Waals surface area contributed by atoms with Gasteiger partial charge in [0.2, 0.25) is 0 Å². The normalized spacial score (nSPS) is 13.2. The van der Waals surface area contributed by atoms with Crippen LogP contribution in [0.5, 0.6) is 5.75 Å². The van der Waals surface area contributed by atoms with Gasteiger partial charge in [0.1, 0.15) is 5.75 Å².